The van der Waals surface area contributed by atoms with Crippen LogP contribution < -0.4 is 0 Å². The molecule has 0 aliphatic rings. The topological polar surface area (TPSA) is 30.7 Å². The summed E-state index contributed by atoms with van der Waals surface area (Å²) in [5.74, 6) is 0.857. The first-order valence-corrected chi connectivity index (χ1v) is 17.8. The van der Waals surface area contributed by atoms with Gasteiger partial charge < -0.3 is 0 Å². The molecule has 0 N–H and O–H groups in total. The van der Waals surface area contributed by atoms with E-state index in [0.717, 1.165) is 43.8 Å². The predicted octanol–water partition coefficient (Wildman–Crippen LogP) is 12.6. The van der Waals surface area contributed by atoms with Gasteiger partial charge in [-0.1, -0.05) is 121 Å². The van der Waals surface area contributed by atoms with Crippen molar-refractivity contribution in [3.63, 3.8) is 0 Å². The van der Waals surface area contributed by atoms with Crippen LogP contribution in [0.25, 0.3) is 101 Å². The molecule has 0 spiro atoms. The number of aromatic nitrogens is 3. The van der Waals surface area contributed by atoms with Crippen molar-refractivity contribution in [2.75, 3.05) is 0 Å². The SMILES string of the molecule is Cc1ccc(-c2nc3sc4ccccc4c3nc2-n2c3ccc4ccccc4c3c3c4sc5c6ccccc6ccc5c4ccc32)cc1. The van der Waals surface area contributed by atoms with E-state index in [1.807, 2.05) is 11.3 Å². The van der Waals surface area contributed by atoms with Gasteiger partial charge in [-0.2, -0.15) is 0 Å². The van der Waals surface area contributed by atoms with Gasteiger partial charge in [0.05, 0.1) is 11.0 Å². The molecule has 0 saturated carbocycles. The molecule has 0 fully saturated rings. The first-order valence-electron chi connectivity index (χ1n) is 16.2. The maximum atomic E-state index is 5.56. The van der Waals surface area contributed by atoms with Gasteiger partial charge in [0, 0.05) is 46.6 Å². The molecule has 0 aliphatic heterocycles. The van der Waals surface area contributed by atoms with Crippen LogP contribution in [0.15, 0.2) is 133 Å². The average molecular weight is 648 g/mol. The Balaban J connectivity index is 1.36. The zero-order valence-electron chi connectivity index (χ0n) is 25.9. The molecule has 5 heteroatoms. The summed E-state index contributed by atoms with van der Waals surface area (Å²) in [6.45, 7) is 2.13. The molecule has 224 valence electrons. The Kier molecular flexibility index (Phi) is 5.35. The lowest BCUT2D eigenvalue weighted by Gasteiger charge is -2.13. The second kappa shape index (κ2) is 9.71. The van der Waals surface area contributed by atoms with Crippen LogP contribution in [-0.2, 0) is 0 Å². The number of hydrogen-bond acceptors (Lipinski definition) is 4. The van der Waals surface area contributed by atoms with Crippen molar-refractivity contribution in [1.29, 1.82) is 0 Å². The first kappa shape index (κ1) is 26.4. The van der Waals surface area contributed by atoms with Crippen molar-refractivity contribution in [2.45, 2.75) is 6.92 Å². The fraction of sp³-hybridized carbons (Fsp3) is 0.0233. The summed E-state index contributed by atoms with van der Waals surface area (Å²) in [7, 11) is 0. The third kappa shape index (κ3) is 3.57. The Bertz CT molecular complexity index is 3130. The summed E-state index contributed by atoms with van der Waals surface area (Å²) in [5, 5.41) is 11.3. The summed E-state index contributed by atoms with van der Waals surface area (Å²) in [6, 6.07) is 48.5. The van der Waals surface area contributed by atoms with Crippen molar-refractivity contribution in [2.24, 2.45) is 0 Å². The van der Waals surface area contributed by atoms with Crippen molar-refractivity contribution >= 4 is 107 Å². The fourth-order valence-electron chi connectivity index (χ4n) is 7.63. The average Bonchev–Trinajstić information content (AvgIpc) is 3.80. The standard InChI is InChI=1S/C43H25N3S2/c1-24-14-16-27(17-15-24)38-42(44-39-32-12-6-7-13-35(32)47-43(39)45-38)46-33-22-19-25-8-2-4-10-28(25)36(33)37-34(46)23-21-31-30-20-18-26-9-3-5-11-29(26)40(30)48-41(31)37/h2-23H,1H3. The highest BCUT2D eigenvalue weighted by atomic mass is 32.1. The van der Waals surface area contributed by atoms with Gasteiger partial charge in [0.2, 0.25) is 0 Å². The van der Waals surface area contributed by atoms with Crippen LogP contribution >= 0.6 is 22.7 Å². The molecule has 0 unspecified atom stereocenters. The van der Waals surface area contributed by atoms with Gasteiger partial charge in [0.15, 0.2) is 5.82 Å². The van der Waals surface area contributed by atoms with Crippen molar-refractivity contribution in [1.82, 2.24) is 14.5 Å². The number of benzene rings is 7. The van der Waals surface area contributed by atoms with Crippen molar-refractivity contribution in [3.8, 4) is 17.1 Å². The van der Waals surface area contributed by atoms with Gasteiger partial charge in [-0.3, -0.25) is 4.57 Å². The summed E-state index contributed by atoms with van der Waals surface area (Å²) in [6.07, 6.45) is 0. The Hall–Kier alpha value is -5.62. The van der Waals surface area contributed by atoms with Gasteiger partial charge in [-0.05, 0) is 46.7 Å². The molecule has 11 rings (SSSR count). The second-order valence-electron chi connectivity index (χ2n) is 12.6. The number of hydrogen-bond donors (Lipinski definition) is 0. The van der Waals surface area contributed by atoms with E-state index in [1.165, 1.54) is 62.8 Å². The van der Waals surface area contributed by atoms with E-state index in [0.29, 0.717) is 0 Å². The Morgan fingerprint density at radius 1 is 0.500 bits per heavy atom. The molecule has 4 heterocycles. The minimum absolute atomic E-state index is 0.857. The van der Waals surface area contributed by atoms with Crippen molar-refractivity contribution in [3.05, 3.63) is 139 Å². The molecule has 0 aliphatic carbocycles. The molecule has 7 aromatic carbocycles. The molecule has 3 nitrogen and oxygen atoms in total. The fourth-order valence-corrected chi connectivity index (χ4v) is 10.0. The van der Waals surface area contributed by atoms with Crippen LogP contribution in [0.3, 0.4) is 0 Å². The number of nitrogens with zero attached hydrogens (tertiary/aromatic N) is 3. The number of fused-ring (bicyclic) bond motifs is 14. The molecular weight excluding hydrogens is 623 g/mol. The van der Waals surface area contributed by atoms with Crippen LogP contribution in [0.4, 0.5) is 0 Å². The molecule has 0 saturated heterocycles. The van der Waals surface area contributed by atoms with E-state index >= 15 is 0 Å². The Morgan fingerprint density at radius 3 is 2.00 bits per heavy atom. The minimum Gasteiger partial charge on any atom is -0.292 e. The molecule has 4 aromatic heterocycles. The molecular formula is C43H25N3S2. The molecule has 48 heavy (non-hydrogen) atoms. The van der Waals surface area contributed by atoms with Crippen LogP contribution in [0.5, 0.6) is 0 Å². The van der Waals surface area contributed by atoms with Crippen LogP contribution in [0.2, 0.25) is 0 Å². The van der Waals surface area contributed by atoms with Gasteiger partial charge in [0.1, 0.15) is 16.0 Å². The molecule has 11 aromatic rings. The monoisotopic (exact) mass is 647 g/mol. The van der Waals surface area contributed by atoms with Crippen molar-refractivity contribution < 1.29 is 0 Å². The summed E-state index contributed by atoms with van der Waals surface area (Å²) in [5.41, 5.74) is 6.41. The molecule has 0 bridgehead atoms. The maximum Gasteiger partial charge on any atom is 0.165 e. The van der Waals surface area contributed by atoms with Crippen LogP contribution in [0.1, 0.15) is 5.56 Å². The van der Waals surface area contributed by atoms with Gasteiger partial charge >= 0.3 is 0 Å². The highest BCUT2D eigenvalue weighted by Gasteiger charge is 2.24. The lowest BCUT2D eigenvalue weighted by atomic mass is 10.0. The highest BCUT2D eigenvalue weighted by Crippen LogP contribution is 2.47. The number of aryl methyl sites for hydroxylation is 1. The smallest absolute Gasteiger partial charge is 0.165 e. The van der Waals surface area contributed by atoms with E-state index in [9.17, 15) is 0 Å². The van der Waals surface area contributed by atoms with Crippen LogP contribution in [0, 0.1) is 6.92 Å². The lowest BCUT2D eigenvalue weighted by molar-refractivity contribution is 1.09. The van der Waals surface area contributed by atoms with E-state index in [4.69, 9.17) is 9.97 Å². The van der Waals surface area contributed by atoms with E-state index in [2.05, 4.69) is 145 Å². The van der Waals surface area contributed by atoms with Gasteiger partial charge in [0.25, 0.3) is 0 Å². The Labute approximate surface area is 283 Å². The molecule has 0 atom stereocenters. The first-order chi connectivity index (χ1) is 23.7. The number of rotatable bonds is 2. The lowest BCUT2D eigenvalue weighted by Crippen LogP contribution is -2.03. The zero-order valence-corrected chi connectivity index (χ0v) is 27.5. The number of thiophene rings is 2. The third-order valence-electron chi connectivity index (χ3n) is 9.88. The normalized spacial score (nSPS) is 12.3. The summed E-state index contributed by atoms with van der Waals surface area (Å²) >= 11 is 3.63. The van der Waals surface area contributed by atoms with Gasteiger partial charge in [-0.15, -0.1) is 22.7 Å². The molecule has 0 amide bonds. The van der Waals surface area contributed by atoms with E-state index < -0.39 is 0 Å². The van der Waals surface area contributed by atoms with E-state index in [1.54, 1.807) is 11.3 Å². The minimum atomic E-state index is 0.857. The third-order valence-corrected chi connectivity index (χ3v) is 12.2. The quantitative estimate of drug-likeness (QED) is 0.187. The molecule has 0 radical (unpaired) electrons. The predicted molar refractivity (Wildman–Crippen MR) is 207 cm³/mol. The summed E-state index contributed by atoms with van der Waals surface area (Å²) < 4.78 is 6.23. The summed E-state index contributed by atoms with van der Waals surface area (Å²) in [4.78, 5) is 11.9. The highest BCUT2D eigenvalue weighted by molar-refractivity contribution is 7.27. The van der Waals surface area contributed by atoms with Gasteiger partial charge in [-0.25, -0.2) is 9.97 Å². The largest absolute Gasteiger partial charge is 0.292 e. The van der Waals surface area contributed by atoms with Crippen LogP contribution in [-0.4, -0.2) is 14.5 Å². The zero-order chi connectivity index (χ0) is 31.5. The maximum absolute atomic E-state index is 5.56. The Morgan fingerprint density at radius 2 is 1.15 bits per heavy atom. The van der Waals surface area contributed by atoms with E-state index in [-0.39, 0.29) is 0 Å². The second-order valence-corrected chi connectivity index (χ2v) is 14.7.